The van der Waals surface area contributed by atoms with Crippen molar-refractivity contribution in [3.63, 3.8) is 0 Å². The van der Waals surface area contributed by atoms with Gasteiger partial charge in [-0.1, -0.05) is 30.3 Å². The molecule has 2 rings (SSSR count). The van der Waals surface area contributed by atoms with Crippen LogP contribution in [0.4, 0.5) is 5.69 Å². The number of nitrogens with zero attached hydrogens (tertiary/aromatic N) is 1. The van der Waals surface area contributed by atoms with E-state index in [4.69, 9.17) is 0 Å². The molecule has 0 heterocycles. The zero-order valence-electron chi connectivity index (χ0n) is 11.3. The number of hydrogen-bond donors (Lipinski definition) is 1. The van der Waals surface area contributed by atoms with Gasteiger partial charge in [-0.2, -0.15) is 0 Å². The summed E-state index contributed by atoms with van der Waals surface area (Å²) in [6.45, 7) is 0. The van der Waals surface area contributed by atoms with Crippen molar-refractivity contribution in [1.29, 1.82) is 0 Å². The summed E-state index contributed by atoms with van der Waals surface area (Å²) in [4.78, 5) is 25.5. The molecule has 4 nitrogen and oxygen atoms in total. The van der Waals surface area contributed by atoms with Crippen LogP contribution >= 0.6 is 0 Å². The highest BCUT2D eigenvalue weighted by Gasteiger charge is 2.18. The molecule has 0 saturated carbocycles. The standard InChI is InChI=1S/C16H15NO3/c1-17(2)12-8-9-13(14(10-12)16(19)20)15(18)11-6-4-3-5-7-11/h3-10H,1-2H3,(H,19,20). The number of carboxylic acids is 1. The average Bonchev–Trinajstić information content (AvgIpc) is 2.46. The second kappa shape index (κ2) is 5.57. The fraction of sp³-hybridized carbons (Fsp3) is 0.125. The topological polar surface area (TPSA) is 57.6 Å². The molecule has 0 saturated heterocycles. The molecule has 0 fully saturated rings. The summed E-state index contributed by atoms with van der Waals surface area (Å²) in [5, 5.41) is 9.30. The molecule has 0 radical (unpaired) electrons. The number of hydrogen-bond acceptors (Lipinski definition) is 3. The lowest BCUT2D eigenvalue weighted by molar-refractivity contribution is 0.0693. The van der Waals surface area contributed by atoms with E-state index in [1.165, 1.54) is 6.07 Å². The van der Waals surface area contributed by atoms with Gasteiger partial charge in [0.05, 0.1) is 5.56 Å². The van der Waals surface area contributed by atoms with Crippen LogP contribution in [0.3, 0.4) is 0 Å². The summed E-state index contributed by atoms with van der Waals surface area (Å²) >= 11 is 0. The molecule has 0 spiro atoms. The lowest BCUT2D eigenvalue weighted by atomic mass is 9.97. The van der Waals surface area contributed by atoms with Gasteiger partial charge in [0.1, 0.15) is 0 Å². The van der Waals surface area contributed by atoms with Crippen molar-refractivity contribution in [3.05, 3.63) is 65.2 Å². The first-order valence-corrected chi connectivity index (χ1v) is 6.15. The molecule has 0 aliphatic rings. The highest BCUT2D eigenvalue weighted by Crippen LogP contribution is 2.21. The second-order valence-corrected chi connectivity index (χ2v) is 4.62. The molecular weight excluding hydrogens is 254 g/mol. The fourth-order valence-electron chi connectivity index (χ4n) is 1.93. The molecule has 0 atom stereocenters. The van der Waals surface area contributed by atoms with Gasteiger partial charge in [0.25, 0.3) is 0 Å². The Balaban J connectivity index is 2.51. The Morgan fingerprint density at radius 3 is 2.15 bits per heavy atom. The summed E-state index contributed by atoms with van der Waals surface area (Å²) in [7, 11) is 3.64. The molecule has 2 aromatic carbocycles. The third kappa shape index (κ3) is 2.69. The summed E-state index contributed by atoms with van der Waals surface area (Å²) < 4.78 is 0. The summed E-state index contributed by atoms with van der Waals surface area (Å²) in [6, 6.07) is 13.5. The monoisotopic (exact) mass is 269 g/mol. The number of ketones is 1. The highest BCUT2D eigenvalue weighted by atomic mass is 16.4. The minimum absolute atomic E-state index is 0.0186. The van der Waals surface area contributed by atoms with E-state index in [1.54, 1.807) is 41.3 Å². The van der Waals surface area contributed by atoms with Gasteiger partial charge in [-0.25, -0.2) is 4.79 Å². The number of carbonyl (C=O) groups is 2. The fourth-order valence-corrected chi connectivity index (χ4v) is 1.93. The predicted octanol–water partition coefficient (Wildman–Crippen LogP) is 2.68. The van der Waals surface area contributed by atoms with E-state index in [0.29, 0.717) is 5.56 Å². The largest absolute Gasteiger partial charge is 0.478 e. The van der Waals surface area contributed by atoms with E-state index >= 15 is 0 Å². The predicted molar refractivity (Wildman–Crippen MR) is 77.6 cm³/mol. The third-order valence-electron chi connectivity index (χ3n) is 3.03. The van der Waals surface area contributed by atoms with Crippen molar-refractivity contribution < 1.29 is 14.7 Å². The first-order valence-electron chi connectivity index (χ1n) is 6.15. The first-order chi connectivity index (χ1) is 9.50. The maximum absolute atomic E-state index is 12.4. The van der Waals surface area contributed by atoms with Gasteiger partial charge in [0.2, 0.25) is 0 Å². The number of carboxylic acid groups (broad SMARTS) is 1. The molecule has 0 aliphatic carbocycles. The molecular formula is C16H15NO3. The number of carbonyl (C=O) groups excluding carboxylic acids is 1. The third-order valence-corrected chi connectivity index (χ3v) is 3.03. The van der Waals surface area contributed by atoms with Crippen molar-refractivity contribution in [1.82, 2.24) is 0 Å². The van der Waals surface area contributed by atoms with Crippen LogP contribution < -0.4 is 4.90 Å². The van der Waals surface area contributed by atoms with Crippen molar-refractivity contribution >= 4 is 17.4 Å². The van der Waals surface area contributed by atoms with Crippen LogP contribution in [-0.2, 0) is 0 Å². The summed E-state index contributed by atoms with van der Waals surface area (Å²) in [6.07, 6.45) is 0. The van der Waals surface area contributed by atoms with E-state index < -0.39 is 5.97 Å². The molecule has 102 valence electrons. The van der Waals surface area contributed by atoms with Crippen LogP contribution in [0.2, 0.25) is 0 Å². The Kier molecular flexibility index (Phi) is 3.84. The Morgan fingerprint density at radius 1 is 0.950 bits per heavy atom. The Morgan fingerprint density at radius 2 is 1.60 bits per heavy atom. The van der Waals surface area contributed by atoms with E-state index in [9.17, 15) is 14.7 Å². The Labute approximate surface area is 117 Å². The smallest absolute Gasteiger partial charge is 0.336 e. The van der Waals surface area contributed by atoms with Crippen molar-refractivity contribution in [2.45, 2.75) is 0 Å². The molecule has 4 heteroatoms. The average molecular weight is 269 g/mol. The molecule has 0 bridgehead atoms. The van der Waals surface area contributed by atoms with Gasteiger partial charge >= 0.3 is 5.97 Å². The highest BCUT2D eigenvalue weighted by molar-refractivity contribution is 6.14. The molecule has 20 heavy (non-hydrogen) atoms. The van der Waals surface area contributed by atoms with E-state index in [2.05, 4.69) is 0 Å². The Hall–Kier alpha value is -2.62. The van der Waals surface area contributed by atoms with E-state index in [-0.39, 0.29) is 16.9 Å². The quantitative estimate of drug-likeness (QED) is 0.867. The molecule has 0 unspecified atom stereocenters. The van der Waals surface area contributed by atoms with Gasteiger partial charge in [0.15, 0.2) is 5.78 Å². The SMILES string of the molecule is CN(C)c1ccc(C(=O)c2ccccc2)c(C(=O)O)c1. The van der Waals surface area contributed by atoms with Gasteiger partial charge < -0.3 is 10.0 Å². The minimum atomic E-state index is -1.10. The first kappa shape index (κ1) is 13.8. The van der Waals surface area contributed by atoms with Crippen LogP contribution in [-0.4, -0.2) is 31.0 Å². The second-order valence-electron chi connectivity index (χ2n) is 4.62. The molecule has 0 amide bonds. The minimum Gasteiger partial charge on any atom is -0.478 e. The normalized spacial score (nSPS) is 10.1. The van der Waals surface area contributed by atoms with Crippen LogP contribution in [0.25, 0.3) is 0 Å². The summed E-state index contributed by atoms with van der Waals surface area (Å²) in [5.41, 5.74) is 1.44. The van der Waals surface area contributed by atoms with Crippen molar-refractivity contribution in [2.24, 2.45) is 0 Å². The van der Waals surface area contributed by atoms with Crippen LogP contribution in [0.15, 0.2) is 48.5 Å². The zero-order valence-corrected chi connectivity index (χ0v) is 11.3. The summed E-state index contributed by atoms with van der Waals surface area (Å²) in [5.74, 6) is -1.39. The Bertz CT molecular complexity index is 648. The molecule has 0 aromatic heterocycles. The number of rotatable bonds is 4. The molecule has 0 aliphatic heterocycles. The van der Waals surface area contributed by atoms with Crippen molar-refractivity contribution in [2.75, 3.05) is 19.0 Å². The number of anilines is 1. The molecule has 2 aromatic rings. The van der Waals surface area contributed by atoms with E-state index in [1.807, 2.05) is 20.2 Å². The van der Waals surface area contributed by atoms with Crippen LogP contribution in [0, 0.1) is 0 Å². The van der Waals surface area contributed by atoms with Gasteiger partial charge in [0, 0.05) is 30.9 Å². The van der Waals surface area contributed by atoms with Gasteiger partial charge in [-0.05, 0) is 18.2 Å². The number of benzene rings is 2. The van der Waals surface area contributed by atoms with Crippen molar-refractivity contribution in [3.8, 4) is 0 Å². The maximum Gasteiger partial charge on any atom is 0.336 e. The maximum atomic E-state index is 12.4. The molecule has 1 N–H and O–H groups in total. The number of aromatic carboxylic acids is 1. The van der Waals surface area contributed by atoms with E-state index in [0.717, 1.165) is 5.69 Å². The van der Waals surface area contributed by atoms with Gasteiger partial charge in [-0.15, -0.1) is 0 Å². The lowest BCUT2D eigenvalue weighted by Gasteiger charge is -2.14. The van der Waals surface area contributed by atoms with Gasteiger partial charge in [-0.3, -0.25) is 4.79 Å². The van der Waals surface area contributed by atoms with Crippen LogP contribution in [0.5, 0.6) is 0 Å². The zero-order chi connectivity index (χ0) is 14.7. The lowest BCUT2D eigenvalue weighted by Crippen LogP contribution is -2.13. The van der Waals surface area contributed by atoms with Crippen LogP contribution in [0.1, 0.15) is 26.3 Å².